The monoisotopic (exact) mass is 615 g/mol. The number of ether oxygens (including phenoxy) is 1. The molecule has 0 radical (unpaired) electrons. The molecule has 0 aliphatic heterocycles. The quantitative estimate of drug-likeness (QED) is 0.266. The fourth-order valence-electron chi connectivity index (χ4n) is 5.34. The number of hydrogen-bond donors (Lipinski definition) is 2. The van der Waals surface area contributed by atoms with Crippen LogP contribution in [-0.4, -0.2) is 39.8 Å². The van der Waals surface area contributed by atoms with Crippen LogP contribution in [0, 0.1) is 0 Å². The molecule has 0 aliphatic carbocycles. The maximum Gasteiger partial charge on any atom is 0.264 e. The molecule has 1 atom stereocenters. The van der Waals surface area contributed by atoms with Gasteiger partial charge in [-0.25, -0.2) is 28.2 Å². The lowest BCUT2D eigenvalue weighted by Crippen LogP contribution is -2.26. The van der Waals surface area contributed by atoms with Crippen molar-refractivity contribution in [2.24, 2.45) is 5.14 Å². The molecule has 13 heteroatoms. The van der Waals surface area contributed by atoms with Gasteiger partial charge in [0.05, 0.1) is 40.4 Å². The summed E-state index contributed by atoms with van der Waals surface area (Å²) in [4.78, 5) is 22.7. The minimum Gasteiger partial charge on any atom is -0.496 e. The molecule has 3 aromatic heterocycles. The van der Waals surface area contributed by atoms with Gasteiger partial charge in [0, 0.05) is 16.8 Å². The minimum absolute atomic E-state index is 0.188. The first kappa shape index (κ1) is 28.3. The second kappa shape index (κ2) is 10.8. The summed E-state index contributed by atoms with van der Waals surface area (Å²) in [6.45, 7) is 1.90. The van der Waals surface area contributed by atoms with Crippen molar-refractivity contribution in [2.45, 2.75) is 18.7 Å². The molecule has 0 spiro atoms. The van der Waals surface area contributed by atoms with Crippen molar-refractivity contribution in [2.75, 3.05) is 12.8 Å². The molecule has 0 saturated carbocycles. The van der Waals surface area contributed by atoms with Crippen LogP contribution in [0.4, 0.5) is 5.82 Å². The highest BCUT2D eigenvalue weighted by atomic mass is 35.5. The van der Waals surface area contributed by atoms with Crippen LogP contribution in [0.5, 0.6) is 5.75 Å². The summed E-state index contributed by atoms with van der Waals surface area (Å²) in [5.41, 5.74) is 9.15. The van der Waals surface area contributed by atoms with Crippen LogP contribution < -0.4 is 21.2 Å². The topological polar surface area (TPSA) is 161 Å². The van der Waals surface area contributed by atoms with Crippen LogP contribution in [0.2, 0.25) is 5.02 Å². The van der Waals surface area contributed by atoms with E-state index in [2.05, 4.69) is 9.97 Å². The van der Waals surface area contributed by atoms with Crippen LogP contribution in [0.1, 0.15) is 24.2 Å². The standard InChI is InChI=1S/C30H26ClN7O4S/c1-17(23-14-18-7-6-10-22(31)25(18)30(39)37(23)21-8-4-3-5-9-21)38-29-26(28(32)34-16-35-29)27(36-38)19-11-12-24(42-2)20(13-19)15-43(33,40)41/h3-14,16-17H,15H2,1-2H3,(H2,32,34,35)(H2,33,40,41). The minimum atomic E-state index is -3.86. The Morgan fingerprint density at radius 3 is 2.49 bits per heavy atom. The molecule has 0 bridgehead atoms. The number of nitrogens with two attached hydrogens (primary N) is 2. The molecule has 0 saturated heterocycles. The number of nitrogens with zero attached hydrogens (tertiary/aromatic N) is 5. The average Bonchev–Trinajstić information content (AvgIpc) is 3.37. The van der Waals surface area contributed by atoms with Crippen molar-refractivity contribution in [1.29, 1.82) is 0 Å². The molecule has 0 amide bonds. The number of pyridine rings is 1. The van der Waals surface area contributed by atoms with Crippen molar-refractivity contribution in [1.82, 2.24) is 24.3 Å². The van der Waals surface area contributed by atoms with Crippen molar-refractivity contribution < 1.29 is 13.2 Å². The van der Waals surface area contributed by atoms with E-state index in [9.17, 15) is 13.2 Å². The van der Waals surface area contributed by atoms with Crippen LogP contribution in [0.25, 0.3) is 38.8 Å². The van der Waals surface area contributed by atoms with Gasteiger partial charge in [-0.05, 0) is 54.8 Å². The lowest BCUT2D eigenvalue weighted by molar-refractivity contribution is 0.411. The summed E-state index contributed by atoms with van der Waals surface area (Å²) in [5, 5.41) is 12.2. The largest absolute Gasteiger partial charge is 0.496 e. The fraction of sp³-hybridized carbons (Fsp3) is 0.133. The Hall–Kier alpha value is -4.78. The summed E-state index contributed by atoms with van der Waals surface area (Å²) in [5.74, 6) is 0.113. The van der Waals surface area contributed by atoms with E-state index in [1.807, 2.05) is 49.4 Å². The van der Waals surface area contributed by atoms with E-state index in [-0.39, 0.29) is 11.4 Å². The van der Waals surface area contributed by atoms with E-state index in [1.165, 1.54) is 13.4 Å². The lowest BCUT2D eigenvalue weighted by Gasteiger charge is -2.21. The van der Waals surface area contributed by atoms with E-state index in [1.54, 1.807) is 39.6 Å². The molecule has 3 heterocycles. The molecule has 4 N–H and O–H groups in total. The van der Waals surface area contributed by atoms with Gasteiger partial charge >= 0.3 is 0 Å². The Morgan fingerprint density at radius 1 is 1.00 bits per heavy atom. The molecular weight excluding hydrogens is 590 g/mol. The Kier molecular flexibility index (Phi) is 7.12. The first-order valence-corrected chi connectivity index (χ1v) is 15.2. The van der Waals surface area contributed by atoms with E-state index in [4.69, 9.17) is 32.3 Å². The number of halogens is 1. The third-order valence-electron chi connectivity index (χ3n) is 7.26. The first-order chi connectivity index (χ1) is 20.6. The van der Waals surface area contributed by atoms with Gasteiger partial charge in [0.1, 0.15) is 23.6 Å². The Bertz CT molecular complexity index is 2200. The molecule has 1 unspecified atom stereocenters. The second-order valence-electron chi connectivity index (χ2n) is 10.0. The predicted molar refractivity (Wildman–Crippen MR) is 167 cm³/mol. The Balaban J connectivity index is 1.61. The third-order valence-corrected chi connectivity index (χ3v) is 8.29. The van der Waals surface area contributed by atoms with Gasteiger partial charge in [-0.15, -0.1) is 0 Å². The zero-order chi connectivity index (χ0) is 30.5. The fourth-order valence-corrected chi connectivity index (χ4v) is 6.26. The van der Waals surface area contributed by atoms with Crippen LogP contribution in [0.15, 0.2) is 83.9 Å². The van der Waals surface area contributed by atoms with Crippen molar-refractivity contribution in [3.63, 3.8) is 0 Å². The maximum absolute atomic E-state index is 14.0. The summed E-state index contributed by atoms with van der Waals surface area (Å²) in [7, 11) is -2.41. The van der Waals surface area contributed by atoms with Gasteiger partial charge < -0.3 is 10.5 Å². The van der Waals surface area contributed by atoms with E-state index >= 15 is 0 Å². The van der Waals surface area contributed by atoms with Crippen LogP contribution in [0.3, 0.4) is 0 Å². The summed E-state index contributed by atoms with van der Waals surface area (Å²) < 4.78 is 32.6. The van der Waals surface area contributed by atoms with Crippen LogP contribution in [-0.2, 0) is 15.8 Å². The smallest absolute Gasteiger partial charge is 0.264 e. The average molecular weight is 616 g/mol. The van der Waals surface area contributed by atoms with Gasteiger partial charge in [0.15, 0.2) is 5.65 Å². The summed E-state index contributed by atoms with van der Waals surface area (Å²) >= 11 is 6.50. The van der Waals surface area contributed by atoms with Gasteiger partial charge in [-0.2, -0.15) is 5.10 Å². The number of aromatic nitrogens is 5. The van der Waals surface area contributed by atoms with Gasteiger partial charge in [0.2, 0.25) is 10.0 Å². The number of nitrogen functional groups attached to an aromatic ring is 1. The van der Waals surface area contributed by atoms with Gasteiger partial charge in [-0.1, -0.05) is 41.9 Å². The second-order valence-corrected chi connectivity index (χ2v) is 12.0. The highest BCUT2D eigenvalue weighted by Gasteiger charge is 2.25. The summed E-state index contributed by atoms with van der Waals surface area (Å²) in [6, 6.07) is 21.0. The number of para-hydroxylation sites is 1. The number of anilines is 1. The molecule has 6 rings (SSSR count). The number of hydrogen-bond acceptors (Lipinski definition) is 8. The molecular formula is C30H26ClN7O4S. The number of sulfonamides is 1. The molecule has 11 nitrogen and oxygen atoms in total. The number of benzene rings is 3. The zero-order valence-corrected chi connectivity index (χ0v) is 24.7. The van der Waals surface area contributed by atoms with E-state index in [0.717, 1.165) is 0 Å². The zero-order valence-electron chi connectivity index (χ0n) is 23.1. The van der Waals surface area contributed by atoms with Crippen molar-refractivity contribution in [3.05, 3.63) is 106 Å². The van der Waals surface area contributed by atoms with Gasteiger partial charge in [-0.3, -0.25) is 9.36 Å². The molecule has 43 heavy (non-hydrogen) atoms. The highest BCUT2D eigenvalue weighted by Crippen LogP contribution is 2.36. The third kappa shape index (κ3) is 5.09. The molecule has 0 aliphatic rings. The Morgan fingerprint density at radius 2 is 1.77 bits per heavy atom. The predicted octanol–water partition coefficient (Wildman–Crippen LogP) is 4.44. The van der Waals surface area contributed by atoms with E-state index < -0.39 is 21.8 Å². The Labute approximate surface area is 251 Å². The first-order valence-electron chi connectivity index (χ1n) is 13.1. The summed E-state index contributed by atoms with van der Waals surface area (Å²) in [6.07, 6.45) is 1.34. The number of rotatable bonds is 7. The number of fused-ring (bicyclic) bond motifs is 2. The van der Waals surface area contributed by atoms with Crippen molar-refractivity contribution in [3.8, 4) is 22.7 Å². The van der Waals surface area contributed by atoms with Crippen molar-refractivity contribution >= 4 is 49.2 Å². The lowest BCUT2D eigenvalue weighted by atomic mass is 10.1. The van der Waals surface area contributed by atoms with Crippen LogP contribution >= 0.6 is 11.6 Å². The molecule has 6 aromatic rings. The number of methoxy groups -OCH3 is 1. The van der Waals surface area contributed by atoms with Gasteiger partial charge in [0.25, 0.3) is 5.56 Å². The normalized spacial score (nSPS) is 12.6. The number of primary sulfonamides is 1. The molecule has 218 valence electrons. The SMILES string of the molecule is COc1ccc(-c2nn(C(C)c3cc4cccc(Cl)c4c(=O)n3-c3ccccc3)c3ncnc(N)c23)cc1CS(N)(=O)=O. The highest BCUT2D eigenvalue weighted by molar-refractivity contribution is 7.88. The van der Waals surface area contributed by atoms with E-state index in [0.29, 0.717) is 60.8 Å². The maximum atomic E-state index is 14.0. The molecule has 3 aromatic carbocycles. The molecule has 0 fully saturated rings.